The van der Waals surface area contributed by atoms with E-state index in [-0.39, 0.29) is 5.91 Å². The number of nitrogens with zero attached hydrogens (tertiary/aromatic N) is 1. The Balaban J connectivity index is 1.58. The summed E-state index contributed by atoms with van der Waals surface area (Å²) in [5, 5.41) is 3.67. The molecule has 1 aromatic carbocycles. The molecule has 1 saturated heterocycles. The monoisotopic (exact) mass is 358 g/mol. The van der Waals surface area contributed by atoms with Crippen LogP contribution in [0.2, 0.25) is 0 Å². The van der Waals surface area contributed by atoms with Crippen molar-refractivity contribution in [2.75, 3.05) is 7.11 Å². The Bertz CT molecular complexity index is 763. The lowest BCUT2D eigenvalue weighted by Gasteiger charge is -2.20. The van der Waals surface area contributed by atoms with Crippen LogP contribution in [-0.2, 0) is 14.3 Å². The molecule has 1 N–H and O–H groups in total. The van der Waals surface area contributed by atoms with Crippen molar-refractivity contribution in [2.24, 2.45) is 16.8 Å². The van der Waals surface area contributed by atoms with Crippen molar-refractivity contribution in [3.8, 4) is 0 Å². The molecule has 0 aromatic heterocycles. The molecule has 2 saturated carbocycles. The second kappa shape index (κ2) is 6.16. The van der Waals surface area contributed by atoms with E-state index in [9.17, 15) is 9.59 Å². The van der Waals surface area contributed by atoms with Crippen molar-refractivity contribution in [2.45, 2.75) is 43.4 Å². The van der Waals surface area contributed by atoms with E-state index < -0.39 is 10.7 Å². The summed E-state index contributed by atoms with van der Waals surface area (Å²) >= 11 is 1.45. The highest BCUT2D eigenvalue weighted by atomic mass is 32.2. The minimum Gasteiger partial charge on any atom is -0.465 e. The van der Waals surface area contributed by atoms with Gasteiger partial charge in [-0.2, -0.15) is 0 Å². The first kappa shape index (κ1) is 16.6. The van der Waals surface area contributed by atoms with Crippen molar-refractivity contribution in [1.82, 2.24) is 5.32 Å². The van der Waals surface area contributed by atoms with Gasteiger partial charge in [-0.25, -0.2) is 4.79 Å². The number of ether oxygens (including phenoxy) is 1. The van der Waals surface area contributed by atoms with Gasteiger partial charge in [-0.15, -0.1) is 0 Å². The molecule has 0 radical (unpaired) electrons. The number of esters is 1. The Hall–Kier alpha value is -1.82. The van der Waals surface area contributed by atoms with Crippen molar-refractivity contribution in [1.29, 1.82) is 0 Å². The summed E-state index contributed by atoms with van der Waals surface area (Å²) in [6, 6.07) is 7.44. The van der Waals surface area contributed by atoms with E-state index in [0.717, 1.165) is 17.9 Å². The normalized spacial score (nSPS) is 35.2. The molecule has 132 valence electrons. The molecular weight excluding hydrogens is 336 g/mol. The number of aliphatic imine (C=N–C) groups is 1. The van der Waals surface area contributed by atoms with Gasteiger partial charge in [0.15, 0.2) is 5.17 Å². The third-order valence-corrected chi connectivity index (χ3v) is 7.00. The van der Waals surface area contributed by atoms with Gasteiger partial charge in [-0.3, -0.25) is 9.79 Å². The number of nitrogens with one attached hydrogen (secondary N) is 1. The van der Waals surface area contributed by atoms with Crippen LogP contribution in [0.4, 0.5) is 0 Å². The SMILES string of the molecule is COC(=O)c1cccc(C2(C)SC(=NC3CC4CCC3C4)NC2=O)c1. The van der Waals surface area contributed by atoms with E-state index in [1.807, 2.05) is 13.0 Å². The zero-order valence-corrected chi connectivity index (χ0v) is 15.3. The summed E-state index contributed by atoms with van der Waals surface area (Å²) in [5.41, 5.74) is 1.24. The maximum Gasteiger partial charge on any atom is 0.337 e. The van der Waals surface area contributed by atoms with Gasteiger partial charge in [0.25, 0.3) is 0 Å². The zero-order chi connectivity index (χ0) is 17.6. The van der Waals surface area contributed by atoms with E-state index >= 15 is 0 Å². The smallest absolute Gasteiger partial charge is 0.337 e. The van der Waals surface area contributed by atoms with Crippen LogP contribution in [0.3, 0.4) is 0 Å². The molecule has 1 amide bonds. The first-order valence-electron chi connectivity index (χ1n) is 8.76. The van der Waals surface area contributed by atoms with Crippen molar-refractivity contribution in [3.05, 3.63) is 35.4 Å². The summed E-state index contributed by atoms with van der Waals surface area (Å²) in [7, 11) is 1.35. The quantitative estimate of drug-likeness (QED) is 0.843. The van der Waals surface area contributed by atoms with Gasteiger partial charge in [0.05, 0.1) is 18.7 Å². The largest absolute Gasteiger partial charge is 0.465 e. The van der Waals surface area contributed by atoms with Gasteiger partial charge in [0.1, 0.15) is 4.75 Å². The van der Waals surface area contributed by atoms with Gasteiger partial charge < -0.3 is 10.1 Å². The topological polar surface area (TPSA) is 67.8 Å². The Morgan fingerprint density at radius 2 is 2.20 bits per heavy atom. The molecular formula is C19H22N2O3S. The zero-order valence-electron chi connectivity index (χ0n) is 14.5. The standard InChI is InChI=1S/C19H22N2O3S/c1-19(14-5-3-4-13(10-14)16(22)24-2)17(23)21-18(25-19)20-15-9-11-6-7-12(15)8-11/h3-5,10-12,15H,6-9H2,1-2H3,(H,20,21,23). The van der Waals surface area contributed by atoms with E-state index in [4.69, 9.17) is 9.73 Å². The number of methoxy groups -OCH3 is 1. The van der Waals surface area contributed by atoms with Gasteiger partial charge in [-0.05, 0) is 55.7 Å². The molecule has 4 atom stereocenters. The van der Waals surface area contributed by atoms with Gasteiger partial charge >= 0.3 is 5.97 Å². The Morgan fingerprint density at radius 3 is 2.88 bits per heavy atom. The Kier molecular flexibility index (Phi) is 4.10. The van der Waals surface area contributed by atoms with Gasteiger partial charge in [0.2, 0.25) is 5.91 Å². The van der Waals surface area contributed by atoms with Crippen molar-refractivity contribution in [3.63, 3.8) is 0 Å². The fraction of sp³-hybridized carbons (Fsp3) is 0.526. The number of carbonyl (C=O) groups is 2. The minimum absolute atomic E-state index is 0.0820. The van der Waals surface area contributed by atoms with Crippen LogP contribution >= 0.6 is 11.8 Å². The molecule has 25 heavy (non-hydrogen) atoms. The molecule has 2 bridgehead atoms. The van der Waals surface area contributed by atoms with Crippen LogP contribution < -0.4 is 5.32 Å². The second-order valence-electron chi connectivity index (χ2n) is 7.34. The maximum absolute atomic E-state index is 12.7. The average Bonchev–Trinajstić information content (AvgIpc) is 3.30. The third kappa shape index (κ3) is 2.86. The molecule has 1 aromatic rings. The highest BCUT2D eigenvalue weighted by Crippen LogP contribution is 2.47. The molecule has 1 aliphatic heterocycles. The van der Waals surface area contributed by atoms with Crippen LogP contribution in [0.1, 0.15) is 48.5 Å². The van der Waals surface area contributed by atoms with Crippen molar-refractivity contribution >= 4 is 28.8 Å². The summed E-state index contributed by atoms with van der Waals surface area (Å²) in [6.45, 7) is 1.88. The third-order valence-electron chi connectivity index (χ3n) is 5.77. The summed E-state index contributed by atoms with van der Waals surface area (Å²) in [4.78, 5) is 29.3. The van der Waals surface area contributed by atoms with Crippen molar-refractivity contribution < 1.29 is 14.3 Å². The van der Waals surface area contributed by atoms with E-state index in [1.165, 1.54) is 38.1 Å². The van der Waals surface area contributed by atoms with Gasteiger partial charge in [-0.1, -0.05) is 30.3 Å². The number of rotatable bonds is 3. The predicted octanol–water partition coefficient (Wildman–Crippen LogP) is 3.10. The first-order chi connectivity index (χ1) is 12.0. The molecule has 6 heteroatoms. The number of amidine groups is 1. The molecule has 5 nitrogen and oxygen atoms in total. The fourth-order valence-corrected chi connectivity index (χ4v) is 5.42. The average molecular weight is 358 g/mol. The maximum atomic E-state index is 12.7. The first-order valence-corrected chi connectivity index (χ1v) is 9.58. The number of hydrogen-bond donors (Lipinski definition) is 1. The van der Waals surface area contributed by atoms with E-state index in [2.05, 4.69) is 5.32 Å². The lowest BCUT2D eigenvalue weighted by atomic mass is 9.96. The van der Waals surface area contributed by atoms with E-state index in [0.29, 0.717) is 22.7 Å². The van der Waals surface area contributed by atoms with Crippen LogP contribution in [0.5, 0.6) is 0 Å². The summed E-state index contributed by atoms with van der Waals surface area (Å²) < 4.78 is 4.00. The summed E-state index contributed by atoms with van der Waals surface area (Å²) in [6.07, 6.45) is 5.05. The number of carbonyl (C=O) groups excluding carboxylic acids is 2. The molecule has 4 unspecified atom stereocenters. The number of amides is 1. The number of thioether (sulfide) groups is 1. The highest BCUT2D eigenvalue weighted by Gasteiger charge is 2.46. The van der Waals surface area contributed by atoms with Crippen LogP contribution in [-0.4, -0.2) is 30.2 Å². The molecule has 1 heterocycles. The lowest BCUT2D eigenvalue weighted by Crippen LogP contribution is -2.32. The molecule has 2 aliphatic carbocycles. The number of fused-ring (bicyclic) bond motifs is 2. The van der Waals surface area contributed by atoms with Crippen LogP contribution in [0.25, 0.3) is 0 Å². The van der Waals surface area contributed by atoms with Gasteiger partial charge in [0, 0.05) is 0 Å². The predicted molar refractivity (Wildman–Crippen MR) is 97.5 cm³/mol. The molecule has 4 rings (SSSR count). The number of hydrogen-bond acceptors (Lipinski definition) is 5. The molecule has 3 aliphatic rings. The Labute approximate surface area is 151 Å². The second-order valence-corrected chi connectivity index (χ2v) is 8.75. The Morgan fingerprint density at radius 1 is 1.36 bits per heavy atom. The number of benzene rings is 1. The molecule has 0 spiro atoms. The highest BCUT2D eigenvalue weighted by molar-refractivity contribution is 8.15. The molecule has 3 fully saturated rings. The van der Waals surface area contributed by atoms with Crippen LogP contribution in [0.15, 0.2) is 29.3 Å². The minimum atomic E-state index is -0.777. The fourth-order valence-electron chi connectivity index (χ4n) is 4.31. The lowest BCUT2D eigenvalue weighted by molar-refractivity contribution is -0.121. The van der Waals surface area contributed by atoms with Crippen LogP contribution in [0, 0.1) is 11.8 Å². The van der Waals surface area contributed by atoms with E-state index in [1.54, 1.807) is 18.2 Å². The summed E-state index contributed by atoms with van der Waals surface area (Å²) in [5.74, 6) is 1.03.